The predicted octanol–water partition coefficient (Wildman–Crippen LogP) is 3.16. The van der Waals surface area contributed by atoms with E-state index in [9.17, 15) is 0 Å². The van der Waals surface area contributed by atoms with Crippen LogP contribution in [0.15, 0.2) is 24.3 Å². The SMILES string of the molecule is CC.CC1(C)C=CC=C1. The van der Waals surface area contributed by atoms with E-state index in [0.29, 0.717) is 5.41 Å². The van der Waals surface area contributed by atoms with Crippen LogP contribution in [-0.2, 0) is 0 Å². The second kappa shape index (κ2) is 3.49. The quantitative estimate of drug-likeness (QED) is 0.465. The summed E-state index contributed by atoms with van der Waals surface area (Å²) in [5.74, 6) is 0. The van der Waals surface area contributed by atoms with Crippen LogP contribution in [0.4, 0.5) is 0 Å². The maximum Gasteiger partial charge on any atom is 0.00106 e. The Morgan fingerprint density at radius 2 is 1.22 bits per heavy atom. The van der Waals surface area contributed by atoms with E-state index in [4.69, 9.17) is 0 Å². The van der Waals surface area contributed by atoms with Gasteiger partial charge in [-0.05, 0) is 0 Å². The zero-order valence-corrected chi connectivity index (χ0v) is 6.81. The van der Waals surface area contributed by atoms with E-state index in [1.807, 2.05) is 13.8 Å². The van der Waals surface area contributed by atoms with Crippen molar-refractivity contribution < 1.29 is 0 Å². The van der Waals surface area contributed by atoms with E-state index in [-0.39, 0.29) is 0 Å². The van der Waals surface area contributed by atoms with Crippen molar-refractivity contribution in [3.8, 4) is 0 Å². The highest BCUT2D eigenvalue weighted by molar-refractivity contribution is 5.21. The molecular formula is C9H16. The number of hydrogen-bond donors (Lipinski definition) is 0. The van der Waals surface area contributed by atoms with Crippen LogP contribution in [0.25, 0.3) is 0 Å². The van der Waals surface area contributed by atoms with Crippen molar-refractivity contribution in [3.63, 3.8) is 0 Å². The molecule has 0 nitrogen and oxygen atoms in total. The van der Waals surface area contributed by atoms with Crippen LogP contribution in [-0.4, -0.2) is 0 Å². The van der Waals surface area contributed by atoms with Crippen LogP contribution in [0, 0.1) is 5.41 Å². The molecule has 0 spiro atoms. The molecule has 0 saturated carbocycles. The first-order valence-corrected chi connectivity index (χ1v) is 3.58. The van der Waals surface area contributed by atoms with E-state index < -0.39 is 0 Å². The first-order chi connectivity index (χ1) is 4.21. The molecule has 0 aliphatic heterocycles. The van der Waals surface area contributed by atoms with Crippen molar-refractivity contribution in [2.75, 3.05) is 0 Å². The van der Waals surface area contributed by atoms with Gasteiger partial charge in [-0.1, -0.05) is 52.0 Å². The average molecular weight is 124 g/mol. The second-order valence-electron chi connectivity index (χ2n) is 2.54. The summed E-state index contributed by atoms with van der Waals surface area (Å²) in [5.41, 5.74) is 0.333. The highest BCUT2D eigenvalue weighted by atomic mass is 14.1. The van der Waals surface area contributed by atoms with Gasteiger partial charge in [0.1, 0.15) is 0 Å². The predicted molar refractivity (Wildman–Crippen MR) is 43.4 cm³/mol. The van der Waals surface area contributed by atoms with E-state index in [2.05, 4.69) is 38.2 Å². The Balaban J connectivity index is 0.000000291. The Kier molecular flexibility index (Phi) is 3.29. The molecule has 0 saturated heterocycles. The summed E-state index contributed by atoms with van der Waals surface area (Å²) in [6.07, 6.45) is 8.54. The third-order valence-corrected chi connectivity index (χ3v) is 1.16. The lowest BCUT2D eigenvalue weighted by atomic mass is 9.97. The fourth-order valence-corrected chi connectivity index (χ4v) is 0.663. The monoisotopic (exact) mass is 124 g/mol. The molecule has 9 heavy (non-hydrogen) atoms. The van der Waals surface area contributed by atoms with Crippen molar-refractivity contribution >= 4 is 0 Å². The molecule has 0 unspecified atom stereocenters. The summed E-state index contributed by atoms with van der Waals surface area (Å²) in [4.78, 5) is 0. The summed E-state index contributed by atoms with van der Waals surface area (Å²) in [5, 5.41) is 0. The molecular weight excluding hydrogens is 108 g/mol. The molecule has 0 radical (unpaired) electrons. The minimum Gasteiger partial charge on any atom is -0.0751 e. The smallest absolute Gasteiger partial charge is 0.00106 e. The second-order valence-corrected chi connectivity index (χ2v) is 2.54. The van der Waals surface area contributed by atoms with Gasteiger partial charge in [-0.25, -0.2) is 0 Å². The zero-order valence-electron chi connectivity index (χ0n) is 6.81. The molecule has 0 aromatic carbocycles. The van der Waals surface area contributed by atoms with Crippen molar-refractivity contribution in [1.29, 1.82) is 0 Å². The molecule has 0 amide bonds. The minimum absolute atomic E-state index is 0.333. The maximum absolute atomic E-state index is 2.19. The van der Waals surface area contributed by atoms with Gasteiger partial charge in [0.25, 0.3) is 0 Å². The van der Waals surface area contributed by atoms with E-state index >= 15 is 0 Å². The molecule has 0 N–H and O–H groups in total. The van der Waals surface area contributed by atoms with Crippen LogP contribution in [0.1, 0.15) is 27.7 Å². The highest BCUT2D eigenvalue weighted by Gasteiger charge is 2.09. The average Bonchev–Trinajstić information content (AvgIpc) is 2.19. The first kappa shape index (κ1) is 8.48. The third kappa shape index (κ3) is 3.12. The van der Waals surface area contributed by atoms with Gasteiger partial charge in [-0.3, -0.25) is 0 Å². The van der Waals surface area contributed by atoms with Crippen molar-refractivity contribution in [2.24, 2.45) is 5.41 Å². The molecule has 0 fully saturated rings. The van der Waals surface area contributed by atoms with Crippen LogP contribution in [0.2, 0.25) is 0 Å². The van der Waals surface area contributed by atoms with E-state index in [1.165, 1.54) is 0 Å². The fourth-order valence-electron chi connectivity index (χ4n) is 0.663. The highest BCUT2D eigenvalue weighted by Crippen LogP contribution is 2.22. The Labute approximate surface area is 58.3 Å². The number of allylic oxidation sites excluding steroid dienone is 4. The molecule has 52 valence electrons. The van der Waals surface area contributed by atoms with Gasteiger partial charge < -0.3 is 0 Å². The molecule has 0 aromatic rings. The summed E-state index contributed by atoms with van der Waals surface area (Å²) < 4.78 is 0. The first-order valence-electron chi connectivity index (χ1n) is 3.58. The topological polar surface area (TPSA) is 0 Å². The molecule has 0 heteroatoms. The van der Waals surface area contributed by atoms with E-state index in [1.54, 1.807) is 0 Å². The van der Waals surface area contributed by atoms with E-state index in [0.717, 1.165) is 0 Å². The lowest BCUT2D eigenvalue weighted by Crippen LogP contribution is -1.97. The van der Waals surface area contributed by atoms with Gasteiger partial charge in [0, 0.05) is 5.41 Å². The van der Waals surface area contributed by atoms with Gasteiger partial charge in [-0.2, -0.15) is 0 Å². The maximum atomic E-state index is 2.19. The molecule has 0 atom stereocenters. The standard InChI is InChI=1S/C7H10.C2H6/c1-7(2)5-3-4-6-7;1-2/h3-6H,1-2H3;1-2H3. The van der Waals surface area contributed by atoms with Crippen LogP contribution < -0.4 is 0 Å². The van der Waals surface area contributed by atoms with Gasteiger partial charge in [0.2, 0.25) is 0 Å². The zero-order chi connectivity index (χ0) is 7.33. The van der Waals surface area contributed by atoms with Gasteiger partial charge >= 0.3 is 0 Å². The normalized spacial score (nSPS) is 19.1. The lowest BCUT2D eigenvalue weighted by molar-refractivity contribution is 0.636. The Morgan fingerprint density at radius 1 is 0.889 bits per heavy atom. The molecule has 0 heterocycles. The largest absolute Gasteiger partial charge is 0.0751 e. The summed E-state index contributed by atoms with van der Waals surface area (Å²) in [6.45, 7) is 8.38. The lowest BCUT2D eigenvalue weighted by Gasteiger charge is -2.08. The molecule has 0 aromatic heterocycles. The molecule has 1 aliphatic carbocycles. The third-order valence-electron chi connectivity index (χ3n) is 1.16. The van der Waals surface area contributed by atoms with Gasteiger partial charge in [0.05, 0.1) is 0 Å². The van der Waals surface area contributed by atoms with Crippen LogP contribution in [0.3, 0.4) is 0 Å². The number of rotatable bonds is 0. The Bertz CT molecular complexity index is 102. The summed E-state index contributed by atoms with van der Waals surface area (Å²) in [6, 6.07) is 0. The van der Waals surface area contributed by atoms with Crippen LogP contribution >= 0.6 is 0 Å². The molecule has 1 aliphatic rings. The summed E-state index contributed by atoms with van der Waals surface area (Å²) in [7, 11) is 0. The van der Waals surface area contributed by atoms with Crippen molar-refractivity contribution in [1.82, 2.24) is 0 Å². The number of hydrogen-bond acceptors (Lipinski definition) is 0. The van der Waals surface area contributed by atoms with Crippen LogP contribution in [0.5, 0.6) is 0 Å². The van der Waals surface area contributed by atoms with Gasteiger partial charge in [-0.15, -0.1) is 0 Å². The van der Waals surface area contributed by atoms with Crippen molar-refractivity contribution in [2.45, 2.75) is 27.7 Å². The Hall–Kier alpha value is -0.520. The van der Waals surface area contributed by atoms with Gasteiger partial charge in [0.15, 0.2) is 0 Å². The van der Waals surface area contributed by atoms with Crippen molar-refractivity contribution in [3.05, 3.63) is 24.3 Å². The molecule has 1 rings (SSSR count). The minimum atomic E-state index is 0.333. The fraction of sp³-hybridized carbons (Fsp3) is 0.556. The Morgan fingerprint density at radius 3 is 1.33 bits per heavy atom. The molecule has 0 bridgehead atoms. The summed E-state index contributed by atoms with van der Waals surface area (Å²) >= 11 is 0.